The number of nitrogens with one attached hydrogen (secondary N) is 2. The zero-order valence-corrected chi connectivity index (χ0v) is 13.5. The fourth-order valence-corrected chi connectivity index (χ4v) is 2.31. The Hall–Kier alpha value is -2.99. The standard InChI is InChI=1S/C18H12ClF2N3O/c19-13-3-1-2-4-15(13)23-12-7-8-22-17(10-12)18(25)24-16-6-5-11(20)9-14(16)21/h1-10H,(H,22,23)(H,24,25). The highest BCUT2D eigenvalue weighted by Gasteiger charge is 2.12. The first-order chi connectivity index (χ1) is 12.0. The Bertz CT molecular complexity index is 934. The van der Waals surface area contributed by atoms with Gasteiger partial charge in [0.1, 0.15) is 17.3 Å². The molecule has 126 valence electrons. The lowest BCUT2D eigenvalue weighted by atomic mass is 10.2. The fraction of sp³-hybridized carbons (Fsp3) is 0. The predicted molar refractivity (Wildman–Crippen MR) is 93.3 cm³/mol. The van der Waals surface area contributed by atoms with Crippen molar-refractivity contribution in [3.8, 4) is 0 Å². The lowest BCUT2D eigenvalue weighted by Crippen LogP contribution is -2.15. The number of benzene rings is 2. The smallest absolute Gasteiger partial charge is 0.274 e. The molecule has 0 saturated carbocycles. The average molecular weight is 360 g/mol. The Labute approximate surface area is 147 Å². The Kier molecular flexibility index (Phi) is 4.90. The number of carbonyl (C=O) groups is 1. The summed E-state index contributed by atoms with van der Waals surface area (Å²) >= 11 is 6.08. The molecule has 0 spiro atoms. The lowest BCUT2D eigenvalue weighted by molar-refractivity contribution is 0.102. The highest BCUT2D eigenvalue weighted by molar-refractivity contribution is 6.33. The second kappa shape index (κ2) is 7.27. The topological polar surface area (TPSA) is 54.0 Å². The third-order valence-corrected chi connectivity index (χ3v) is 3.65. The number of hydrogen-bond donors (Lipinski definition) is 2. The molecule has 0 bridgehead atoms. The van der Waals surface area contributed by atoms with E-state index in [-0.39, 0.29) is 11.4 Å². The van der Waals surface area contributed by atoms with Crippen molar-refractivity contribution in [2.75, 3.05) is 10.6 Å². The van der Waals surface area contributed by atoms with Crippen molar-refractivity contribution >= 4 is 34.6 Å². The lowest BCUT2D eigenvalue weighted by Gasteiger charge is -2.10. The monoisotopic (exact) mass is 359 g/mol. The van der Waals surface area contributed by atoms with Gasteiger partial charge in [-0.1, -0.05) is 23.7 Å². The molecule has 0 aliphatic carbocycles. The Morgan fingerprint density at radius 2 is 1.80 bits per heavy atom. The molecule has 2 N–H and O–H groups in total. The van der Waals surface area contributed by atoms with E-state index in [2.05, 4.69) is 15.6 Å². The largest absolute Gasteiger partial charge is 0.354 e. The van der Waals surface area contributed by atoms with Crippen molar-refractivity contribution in [1.82, 2.24) is 4.98 Å². The van der Waals surface area contributed by atoms with Crippen molar-refractivity contribution in [1.29, 1.82) is 0 Å². The summed E-state index contributed by atoms with van der Waals surface area (Å²) in [5, 5.41) is 5.96. The molecule has 2 aromatic carbocycles. The molecule has 7 heteroatoms. The van der Waals surface area contributed by atoms with Gasteiger partial charge in [-0.15, -0.1) is 0 Å². The summed E-state index contributed by atoms with van der Waals surface area (Å²) in [6, 6.07) is 13.2. The van der Waals surface area contributed by atoms with Gasteiger partial charge in [-0.3, -0.25) is 9.78 Å². The average Bonchev–Trinajstić information content (AvgIpc) is 2.60. The number of amides is 1. The van der Waals surface area contributed by atoms with Crippen LogP contribution in [0.2, 0.25) is 5.02 Å². The maximum absolute atomic E-state index is 13.6. The van der Waals surface area contributed by atoms with Crippen LogP contribution in [0, 0.1) is 11.6 Å². The number of carbonyl (C=O) groups excluding carboxylic acids is 1. The van der Waals surface area contributed by atoms with Gasteiger partial charge in [0.25, 0.3) is 5.91 Å². The van der Waals surface area contributed by atoms with Gasteiger partial charge < -0.3 is 10.6 Å². The Balaban J connectivity index is 1.79. The van der Waals surface area contributed by atoms with Gasteiger partial charge in [-0.2, -0.15) is 0 Å². The van der Waals surface area contributed by atoms with Crippen LogP contribution < -0.4 is 10.6 Å². The van der Waals surface area contributed by atoms with Crippen LogP contribution in [0.1, 0.15) is 10.5 Å². The number of nitrogens with zero attached hydrogens (tertiary/aromatic N) is 1. The van der Waals surface area contributed by atoms with E-state index in [0.717, 1.165) is 12.1 Å². The third kappa shape index (κ3) is 4.10. The third-order valence-electron chi connectivity index (χ3n) is 3.32. The van der Waals surface area contributed by atoms with Gasteiger partial charge in [0, 0.05) is 18.0 Å². The van der Waals surface area contributed by atoms with E-state index < -0.39 is 17.5 Å². The van der Waals surface area contributed by atoms with E-state index in [0.29, 0.717) is 22.5 Å². The van der Waals surface area contributed by atoms with Gasteiger partial charge in [0.05, 0.1) is 16.4 Å². The van der Waals surface area contributed by atoms with Crippen molar-refractivity contribution in [2.45, 2.75) is 0 Å². The minimum atomic E-state index is -0.862. The zero-order chi connectivity index (χ0) is 17.8. The van der Waals surface area contributed by atoms with Crippen LogP contribution in [0.4, 0.5) is 25.8 Å². The number of rotatable bonds is 4. The second-order valence-corrected chi connectivity index (χ2v) is 5.52. The quantitative estimate of drug-likeness (QED) is 0.688. The Morgan fingerprint density at radius 1 is 1.00 bits per heavy atom. The van der Waals surface area contributed by atoms with Gasteiger partial charge in [0.2, 0.25) is 0 Å². The molecule has 0 atom stereocenters. The first-order valence-electron chi connectivity index (χ1n) is 7.27. The number of anilines is 3. The number of pyridine rings is 1. The summed E-state index contributed by atoms with van der Waals surface area (Å²) in [5.41, 5.74) is 1.21. The number of hydrogen-bond acceptors (Lipinski definition) is 3. The molecule has 25 heavy (non-hydrogen) atoms. The van der Waals surface area contributed by atoms with E-state index in [1.54, 1.807) is 24.3 Å². The summed E-state index contributed by atoms with van der Waals surface area (Å²) in [4.78, 5) is 16.2. The molecule has 0 saturated heterocycles. The fourth-order valence-electron chi connectivity index (χ4n) is 2.13. The maximum atomic E-state index is 13.6. The van der Waals surface area contributed by atoms with Crippen molar-refractivity contribution in [3.05, 3.63) is 83.1 Å². The molecule has 0 fully saturated rings. The van der Waals surface area contributed by atoms with Gasteiger partial charge >= 0.3 is 0 Å². The van der Waals surface area contributed by atoms with Crippen LogP contribution in [0.3, 0.4) is 0 Å². The maximum Gasteiger partial charge on any atom is 0.274 e. The first-order valence-corrected chi connectivity index (χ1v) is 7.65. The molecule has 4 nitrogen and oxygen atoms in total. The molecular weight excluding hydrogens is 348 g/mol. The molecule has 1 aromatic heterocycles. The van der Waals surface area contributed by atoms with Crippen molar-refractivity contribution in [2.24, 2.45) is 0 Å². The van der Waals surface area contributed by atoms with Crippen LogP contribution >= 0.6 is 11.6 Å². The molecule has 3 aromatic rings. The molecule has 0 unspecified atom stereocenters. The van der Waals surface area contributed by atoms with Gasteiger partial charge in [0.15, 0.2) is 0 Å². The van der Waals surface area contributed by atoms with Gasteiger partial charge in [-0.25, -0.2) is 8.78 Å². The van der Waals surface area contributed by atoms with E-state index in [9.17, 15) is 13.6 Å². The highest BCUT2D eigenvalue weighted by Crippen LogP contribution is 2.25. The van der Waals surface area contributed by atoms with Crippen LogP contribution in [-0.2, 0) is 0 Å². The van der Waals surface area contributed by atoms with Crippen LogP contribution in [0.25, 0.3) is 0 Å². The summed E-state index contributed by atoms with van der Waals surface area (Å²) in [5.74, 6) is -2.20. The molecule has 1 amide bonds. The SMILES string of the molecule is O=C(Nc1ccc(F)cc1F)c1cc(Nc2ccccc2Cl)ccn1. The van der Waals surface area contributed by atoms with Crippen LogP contribution in [0.15, 0.2) is 60.8 Å². The van der Waals surface area contributed by atoms with E-state index >= 15 is 0 Å². The predicted octanol–water partition coefficient (Wildman–Crippen LogP) is 5.01. The number of halogens is 3. The number of para-hydroxylation sites is 1. The summed E-state index contributed by atoms with van der Waals surface area (Å²) < 4.78 is 26.6. The Morgan fingerprint density at radius 3 is 2.56 bits per heavy atom. The van der Waals surface area contributed by atoms with Crippen LogP contribution in [-0.4, -0.2) is 10.9 Å². The molecule has 0 aliphatic heterocycles. The molecule has 3 rings (SSSR count). The number of aromatic nitrogens is 1. The zero-order valence-electron chi connectivity index (χ0n) is 12.8. The highest BCUT2D eigenvalue weighted by atomic mass is 35.5. The van der Waals surface area contributed by atoms with Crippen LogP contribution in [0.5, 0.6) is 0 Å². The first kappa shape index (κ1) is 16.9. The molecule has 0 aliphatic rings. The normalized spacial score (nSPS) is 10.4. The minimum Gasteiger partial charge on any atom is -0.354 e. The molecule has 1 heterocycles. The van der Waals surface area contributed by atoms with E-state index in [4.69, 9.17) is 11.6 Å². The summed E-state index contributed by atoms with van der Waals surface area (Å²) in [6.07, 6.45) is 1.44. The van der Waals surface area contributed by atoms with Crippen molar-refractivity contribution < 1.29 is 13.6 Å². The molecular formula is C18H12ClF2N3O. The van der Waals surface area contributed by atoms with E-state index in [1.807, 2.05) is 6.07 Å². The second-order valence-electron chi connectivity index (χ2n) is 5.11. The van der Waals surface area contributed by atoms with Gasteiger partial charge in [-0.05, 0) is 36.4 Å². The minimum absolute atomic E-state index is 0.0702. The van der Waals surface area contributed by atoms with E-state index in [1.165, 1.54) is 12.3 Å². The summed E-state index contributed by atoms with van der Waals surface area (Å²) in [7, 11) is 0. The summed E-state index contributed by atoms with van der Waals surface area (Å²) in [6.45, 7) is 0. The molecule has 0 radical (unpaired) electrons. The van der Waals surface area contributed by atoms with Crippen molar-refractivity contribution in [3.63, 3.8) is 0 Å².